The first-order chi connectivity index (χ1) is 22.3. The van der Waals surface area contributed by atoms with E-state index in [-0.39, 0.29) is 11.8 Å². The minimum absolute atomic E-state index is 0.0258. The first kappa shape index (κ1) is 38.8. The molecule has 1 aliphatic carbocycles. The lowest BCUT2D eigenvalue weighted by atomic mass is 9.59. The van der Waals surface area contributed by atoms with Crippen molar-refractivity contribution in [3.63, 3.8) is 0 Å². The number of hydrogen-bond donors (Lipinski definition) is 2. The fraction of sp³-hybridized carbons (Fsp3) is 0.727. The van der Waals surface area contributed by atoms with E-state index in [1.165, 1.54) is 44.5 Å². The summed E-state index contributed by atoms with van der Waals surface area (Å²) in [5.74, 6) is -0.0515. The number of aliphatic hydroxyl groups is 2. The summed E-state index contributed by atoms with van der Waals surface area (Å²) in [5, 5.41) is 24.8. The molecule has 2 atom stereocenters. The number of benzene rings is 2. The molecular weight excluding hydrogens is 560 g/mol. The number of aliphatic hydroxyl groups excluding tert-OH is 2. The van der Waals surface area contributed by atoms with Gasteiger partial charge in [0, 0.05) is 11.8 Å². The summed E-state index contributed by atoms with van der Waals surface area (Å²) in [6.45, 7) is 23.1. The van der Waals surface area contributed by atoms with Crippen molar-refractivity contribution < 1.29 is 10.2 Å². The third kappa shape index (κ3) is 7.49. The molecule has 260 valence electrons. The first-order valence-corrected chi connectivity index (χ1v) is 20.1. The number of hydrogen-bond acceptors (Lipinski definition) is 2. The second-order valence-electron chi connectivity index (χ2n) is 14.4. The van der Waals surface area contributed by atoms with E-state index in [0.717, 1.165) is 116 Å². The Kier molecular flexibility index (Phi) is 15.8. The van der Waals surface area contributed by atoms with Crippen LogP contribution in [0.2, 0.25) is 0 Å². The van der Waals surface area contributed by atoms with Crippen LogP contribution in [0.4, 0.5) is 0 Å². The normalized spacial score (nSPS) is 17.2. The van der Waals surface area contributed by atoms with Crippen LogP contribution in [0.25, 0.3) is 0 Å². The Balaban J connectivity index is 2.82. The molecule has 2 heteroatoms. The predicted molar refractivity (Wildman–Crippen MR) is 201 cm³/mol. The van der Waals surface area contributed by atoms with Gasteiger partial charge in [0.2, 0.25) is 0 Å². The quantitative estimate of drug-likeness (QED) is 0.152. The zero-order valence-corrected chi connectivity index (χ0v) is 31.9. The molecule has 0 bridgehead atoms. The molecule has 2 unspecified atom stereocenters. The lowest BCUT2D eigenvalue weighted by Gasteiger charge is -2.45. The molecule has 2 aromatic carbocycles. The van der Waals surface area contributed by atoms with Gasteiger partial charge in [0.15, 0.2) is 0 Å². The van der Waals surface area contributed by atoms with Crippen LogP contribution in [0.5, 0.6) is 0 Å². The van der Waals surface area contributed by atoms with Gasteiger partial charge in [-0.1, -0.05) is 121 Å². The molecule has 3 rings (SSSR count). The minimum Gasteiger partial charge on any atom is -0.392 e. The summed E-state index contributed by atoms with van der Waals surface area (Å²) in [7, 11) is 0. The van der Waals surface area contributed by atoms with E-state index in [1.807, 2.05) is 0 Å². The number of rotatable bonds is 20. The van der Waals surface area contributed by atoms with Gasteiger partial charge in [0.1, 0.15) is 0 Å². The maximum Gasteiger partial charge on any atom is 0.0647 e. The molecule has 0 aliphatic heterocycles. The van der Waals surface area contributed by atoms with E-state index < -0.39 is 12.2 Å². The van der Waals surface area contributed by atoms with Crippen molar-refractivity contribution in [1.29, 1.82) is 0 Å². The molecule has 0 amide bonds. The average molecular weight is 633 g/mol. The Morgan fingerprint density at radius 2 is 0.500 bits per heavy atom. The zero-order chi connectivity index (χ0) is 34.0. The molecule has 0 saturated heterocycles. The van der Waals surface area contributed by atoms with Gasteiger partial charge in [-0.2, -0.15) is 0 Å². The fourth-order valence-electron chi connectivity index (χ4n) is 9.33. The Labute approximate surface area is 285 Å². The monoisotopic (exact) mass is 633 g/mol. The van der Waals surface area contributed by atoms with E-state index in [1.54, 1.807) is 22.3 Å². The van der Waals surface area contributed by atoms with Crippen LogP contribution >= 0.6 is 0 Å². The smallest absolute Gasteiger partial charge is 0.0647 e. The van der Waals surface area contributed by atoms with Crippen molar-refractivity contribution >= 4 is 0 Å². The SMILES string of the molecule is CCCc1c(CCC)c(CCC)c2c(c1CCC)C(C(O)CC)c1c(CCC)c(CCC)c(CCC)c(CCC)c1C2C(O)CC. The Bertz CT molecular complexity index is 1070. The largest absolute Gasteiger partial charge is 0.392 e. The van der Waals surface area contributed by atoms with E-state index in [0.29, 0.717) is 0 Å². The van der Waals surface area contributed by atoms with Crippen LogP contribution < -0.4 is 0 Å². The van der Waals surface area contributed by atoms with Gasteiger partial charge in [0.25, 0.3) is 0 Å². The maximum atomic E-state index is 12.4. The van der Waals surface area contributed by atoms with Gasteiger partial charge < -0.3 is 10.2 Å². The van der Waals surface area contributed by atoms with E-state index in [4.69, 9.17) is 0 Å². The highest BCUT2D eigenvalue weighted by Gasteiger charge is 2.45. The molecule has 0 aromatic heterocycles. The van der Waals surface area contributed by atoms with Gasteiger partial charge >= 0.3 is 0 Å². The highest BCUT2D eigenvalue weighted by Crippen LogP contribution is 2.55. The van der Waals surface area contributed by atoms with E-state index in [9.17, 15) is 10.2 Å². The topological polar surface area (TPSA) is 40.5 Å². The summed E-state index contributed by atoms with van der Waals surface area (Å²) >= 11 is 0. The second kappa shape index (κ2) is 18.8. The predicted octanol–water partition coefficient (Wildman–Crippen LogP) is 11.4. The second-order valence-corrected chi connectivity index (χ2v) is 14.4. The molecule has 0 spiro atoms. The van der Waals surface area contributed by atoms with Crippen molar-refractivity contribution in [3.05, 3.63) is 66.8 Å². The average Bonchev–Trinajstić information content (AvgIpc) is 3.05. The van der Waals surface area contributed by atoms with Crippen LogP contribution in [0.1, 0.15) is 212 Å². The van der Waals surface area contributed by atoms with Crippen molar-refractivity contribution in [2.24, 2.45) is 0 Å². The van der Waals surface area contributed by atoms with Crippen LogP contribution in [0.15, 0.2) is 0 Å². The van der Waals surface area contributed by atoms with Crippen molar-refractivity contribution in [2.45, 2.75) is 209 Å². The van der Waals surface area contributed by atoms with Crippen LogP contribution in [0.3, 0.4) is 0 Å². The maximum absolute atomic E-state index is 12.4. The lowest BCUT2D eigenvalue weighted by Crippen LogP contribution is -2.37. The molecule has 0 heterocycles. The summed E-state index contributed by atoms with van der Waals surface area (Å²) in [5.41, 5.74) is 18.3. The van der Waals surface area contributed by atoms with Crippen molar-refractivity contribution in [2.75, 3.05) is 0 Å². The summed E-state index contributed by atoms with van der Waals surface area (Å²) in [4.78, 5) is 0. The van der Waals surface area contributed by atoms with Gasteiger partial charge in [-0.3, -0.25) is 0 Å². The fourth-order valence-corrected chi connectivity index (χ4v) is 9.33. The van der Waals surface area contributed by atoms with Gasteiger partial charge in [0.05, 0.1) is 12.2 Å². The Hall–Kier alpha value is -1.64. The van der Waals surface area contributed by atoms with Gasteiger partial charge in [-0.25, -0.2) is 0 Å². The minimum atomic E-state index is -0.439. The zero-order valence-electron chi connectivity index (χ0n) is 31.9. The molecule has 1 aliphatic rings. The molecule has 0 saturated carbocycles. The third-order valence-corrected chi connectivity index (χ3v) is 10.9. The molecule has 0 radical (unpaired) electrons. The lowest BCUT2D eigenvalue weighted by molar-refractivity contribution is 0.134. The standard InChI is InChI=1S/C44H72O2/c1-11-21-29-30(22-12-2)34(26-16-6)40-39(33(29)25-15-5)43(37(45)19-9)41-35(27-17-7)31(23-13-3)32(24-14-4)36(28-18-8)42(41)44(40)38(46)20-10/h37-38,43-46H,11-28H2,1-10H3. The Morgan fingerprint density at radius 3 is 0.652 bits per heavy atom. The molecular formula is C44H72O2. The van der Waals surface area contributed by atoms with E-state index in [2.05, 4.69) is 69.2 Å². The number of fused-ring (bicyclic) bond motifs is 2. The van der Waals surface area contributed by atoms with Crippen LogP contribution in [0, 0.1) is 0 Å². The first-order valence-electron chi connectivity index (χ1n) is 20.1. The highest BCUT2D eigenvalue weighted by molar-refractivity contribution is 5.69. The molecule has 0 fully saturated rings. The summed E-state index contributed by atoms with van der Waals surface area (Å²) in [6.07, 6.45) is 18.2. The van der Waals surface area contributed by atoms with Crippen LogP contribution in [-0.2, 0) is 51.4 Å². The summed E-state index contributed by atoms with van der Waals surface area (Å²) < 4.78 is 0. The van der Waals surface area contributed by atoms with Crippen LogP contribution in [-0.4, -0.2) is 22.4 Å². The van der Waals surface area contributed by atoms with Gasteiger partial charge in [-0.05, 0) is 131 Å². The summed E-state index contributed by atoms with van der Waals surface area (Å²) in [6, 6.07) is 0. The van der Waals surface area contributed by atoms with E-state index >= 15 is 0 Å². The van der Waals surface area contributed by atoms with Crippen molar-refractivity contribution in [1.82, 2.24) is 0 Å². The van der Waals surface area contributed by atoms with Crippen molar-refractivity contribution in [3.8, 4) is 0 Å². The molecule has 2 N–H and O–H groups in total. The molecule has 46 heavy (non-hydrogen) atoms. The third-order valence-electron chi connectivity index (χ3n) is 10.9. The van der Waals surface area contributed by atoms with Gasteiger partial charge in [-0.15, -0.1) is 0 Å². The molecule has 2 aromatic rings. The highest BCUT2D eigenvalue weighted by atomic mass is 16.3. The molecule has 2 nitrogen and oxygen atoms in total. The Morgan fingerprint density at radius 1 is 0.326 bits per heavy atom.